The zero-order valence-electron chi connectivity index (χ0n) is 12.3. The van der Waals surface area contributed by atoms with Crippen LogP contribution in [0.5, 0.6) is 0 Å². The second-order valence-corrected chi connectivity index (χ2v) is 5.45. The van der Waals surface area contributed by atoms with Gasteiger partial charge in [-0.1, -0.05) is 0 Å². The van der Waals surface area contributed by atoms with Gasteiger partial charge in [-0.2, -0.15) is 0 Å². The number of nitrogens with two attached hydrogens (primary N) is 1. The second kappa shape index (κ2) is 7.38. The van der Waals surface area contributed by atoms with Crippen LogP contribution in [-0.4, -0.2) is 44.2 Å². The van der Waals surface area contributed by atoms with Crippen molar-refractivity contribution >= 4 is 17.3 Å². The molecule has 1 saturated heterocycles. The minimum Gasteiger partial charge on any atom is -0.397 e. The predicted octanol–water partition coefficient (Wildman–Crippen LogP) is 1.70. The number of nitrogens with one attached hydrogen (secondary N) is 1. The SMILES string of the molecule is COCC1CCN(CC(=O)Nc2ccc(F)cc2N)CC1. The van der Waals surface area contributed by atoms with Crippen molar-refractivity contribution in [2.24, 2.45) is 5.92 Å². The van der Waals surface area contributed by atoms with Gasteiger partial charge in [0.2, 0.25) is 5.91 Å². The first-order valence-electron chi connectivity index (χ1n) is 7.14. The summed E-state index contributed by atoms with van der Waals surface area (Å²) in [7, 11) is 1.72. The third kappa shape index (κ3) is 4.68. The van der Waals surface area contributed by atoms with Gasteiger partial charge in [-0.05, 0) is 50.0 Å². The van der Waals surface area contributed by atoms with Crippen molar-refractivity contribution < 1.29 is 13.9 Å². The van der Waals surface area contributed by atoms with Crippen molar-refractivity contribution in [3.8, 4) is 0 Å². The minimum atomic E-state index is -0.411. The van der Waals surface area contributed by atoms with Crippen LogP contribution in [0.1, 0.15) is 12.8 Å². The summed E-state index contributed by atoms with van der Waals surface area (Å²) >= 11 is 0. The van der Waals surface area contributed by atoms with Gasteiger partial charge in [-0.3, -0.25) is 9.69 Å². The summed E-state index contributed by atoms with van der Waals surface area (Å²) in [5.74, 6) is 0.0475. The second-order valence-electron chi connectivity index (χ2n) is 5.45. The van der Waals surface area contributed by atoms with Gasteiger partial charge in [0.1, 0.15) is 5.82 Å². The zero-order chi connectivity index (χ0) is 15.2. The van der Waals surface area contributed by atoms with Crippen LogP contribution in [-0.2, 0) is 9.53 Å². The van der Waals surface area contributed by atoms with Crippen molar-refractivity contribution in [2.75, 3.05) is 44.4 Å². The van der Waals surface area contributed by atoms with Crippen LogP contribution in [0.25, 0.3) is 0 Å². The largest absolute Gasteiger partial charge is 0.397 e. The highest BCUT2D eigenvalue weighted by molar-refractivity contribution is 5.95. The average Bonchev–Trinajstić information content (AvgIpc) is 2.44. The number of carbonyl (C=O) groups excluding carboxylic acids is 1. The molecule has 6 heteroatoms. The van der Waals surface area contributed by atoms with E-state index in [1.807, 2.05) is 0 Å². The van der Waals surface area contributed by atoms with Crippen molar-refractivity contribution in [1.82, 2.24) is 4.90 Å². The number of hydrogen-bond donors (Lipinski definition) is 2. The molecule has 0 aromatic heterocycles. The van der Waals surface area contributed by atoms with E-state index in [4.69, 9.17) is 10.5 Å². The van der Waals surface area contributed by atoms with Gasteiger partial charge < -0.3 is 15.8 Å². The molecule has 1 aromatic rings. The summed E-state index contributed by atoms with van der Waals surface area (Å²) in [6.45, 7) is 2.89. The molecule has 3 N–H and O–H groups in total. The molecule has 1 aliphatic heterocycles. The number of ether oxygens (including phenoxy) is 1. The van der Waals surface area contributed by atoms with Crippen LogP contribution < -0.4 is 11.1 Å². The highest BCUT2D eigenvalue weighted by Crippen LogP contribution is 2.20. The molecular formula is C15H22FN3O2. The smallest absolute Gasteiger partial charge is 0.238 e. The Hall–Kier alpha value is -1.66. The van der Waals surface area contributed by atoms with Crippen LogP contribution in [0.15, 0.2) is 18.2 Å². The Bertz CT molecular complexity index is 488. The van der Waals surface area contributed by atoms with E-state index in [9.17, 15) is 9.18 Å². The average molecular weight is 295 g/mol. The lowest BCUT2D eigenvalue weighted by Crippen LogP contribution is -2.40. The van der Waals surface area contributed by atoms with Crippen LogP contribution in [0.3, 0.4) is 0 Å². The number of amides is 1. The normalized spacial score (nSPS) is 16.9. The molecule has 5 nitrogen and oxygen atoms in total. The number of anilines is 2. The number of hydrogen-bond acceptors (Lipinski definition) is 4. The number of nitrogen functional groups attached to an aromatic ring is 1. The Kier molecular flexibility index (Phi) is 5.52. The van der Waals surface area contributed by atoms with Gasteiger partial charge in [0.05, 0.1) is 17.9 Å². The number of methoxy groups -OCH3 is 1. The molecular weight excluding hydrogens is 273 g/mol. The summed E-state index contributed by atoms with van der Waals surface area (Å²) in [5.41, 5.74) is 6.36. The quantitative estimate of drug-likeness (QED) is 0.811. The van der Waals surface area contributed by atoms with E-state index in [0.29, 0.717) is 18.2 Å². The zero-order valence-corrected chi connectivity index (χ0v) is 12.3. The van der Waals surface area contributed by atoms with Gasteiger partial charge in [-0.25, -0.2) is 4.39 Å². The molecule has 2 rings (SSSR count). The van der Waals surface area contributed by atoms with Crippen molar-refractivity contribution in [2.45, 2.75) is 12.8 Å². The lowest BCUT2D eigenvalue weighted by molar-refractivity contribution is -0.117. The van der Waals surface area contributed by atoms with Gasteiger partial charge in [-0.15, -0.1) is 0 Å². The summed E-state index contributed by atoms with van der Waals surface area (Å²) in [5, 5.41) is 2.72. The highest BCUT2D eigenvalue weighted by Gasteiger charge is 2.20. The molecule has 0 aliphatic carbocycles. The molecule has 1 fully saturated rings. The monoisotopic (exact) mass is 295 g/mol. The Morgan fingerprint density at radius 1 is 1.48 bits per heavy atom. The van der Waals surface area contributed by atoms with Crippen LogP contribution in [0, 0.1) is 11.7 Å². The number of carbonyl (C=O) groups is 1. The van der Waals surface area contributed by atoms with E-state index in [2.05, 4.69) is 10.2 Å². The summed E-state index contributed by atoms with van der Waals surface area (Å²) in [4.78, 5) is 14.1. The molecule has 21 heavy (non-hydrogen) atoms. The molecule has 1 aliphatic rings. The number of benzene rings is 1. The van der Waals surface area contributed by atoms with Gasteiger partial charge >= 0.3 is 0 Å². The Labute approximate surface area is 124 Å². The Balaban J connectivity index is 1.80. The molecule has 0 spiro atoms. The molecule has 116 valence electrons. The third-order valence-corrected chi connectivity index (χ3v) is 3.76. The number of piperidine rings is 1. The fourth-order valence-electron chi connectivity index (χ4n) is 2.59. The van der Waals surface area contributed by atoms with E-state index >= 15 is 0 Å². The Morgan fingerprint density at radius 3 is 2.81 bits per heavy atom. The lowest BCUT2D eigenvalue weighted by atomic mass is 9.98. The molecule has 1 aromatic carbocycles. The molecule has 0 unspecified atom stereocenters. The maximum Gasteiger partial charge on any atom is 0.238 e. The highest BCUT2D eigenvalue weighted by atomic mass is 19.1. The maximum absolute atomic E-state index is 12.9. The van der Waals surface area contributed by atoms with Crippen molar-refractivity contribution in [3.63, 3.8) is 0 Å². The molecule has 0 atom stereocenters. The predicted molar refractivity (Wildman–Crippen MR) is 80.5 cm³/mol. The van der Waals surface area contributed by atoms with Crippen molar-refractivity contribution in [1.29, 1.82) is 0 Å². The van der Waals surface area contributed by atoms with E-state index in [1.165, 1.54) is 18.2 Å². The van der Waals surface area contributed by atoms with E-state index in [-0.39, 0.29) is 11.6 Å². The number of nitrogens with zero attached hydrogens (tertiary/aromatic N) is 1. The summed E-state index contributed by atoms with van der Waals surface area (Å²) in [6, 6.07) is 3.96. The first-order chi connectivity index (χ1) is 10.1. The van der Waals surface area contributed by atoms with Crippen molar-refractivity contribution in [3.05, 3.63) is 24.0 Å². The van der Waals surface area contributed by atoms with Gasteiger partial charge in [0.25, 0.3) is 0 Å². The number of halogens is 1. The van der Waals surface area contributed by atoms with E-state index in [1.54, 1.807) is 7.11 Å². The van der Waals surface area contributed by atoms with E-state index < -0.39 is 5.82 Å². The fraction of sp³-hybridized carbons (Fsp3) is 0.533. The first kappa shape index (κ1) is 15.7. The van der Waals surface area contributed by atoms with Crippen LogP contribution >= 0.6 is 0 Å². The molecule has 0 bridgehead atoms. The molecule has 0 radical (unpaired) electrons. The van der Waals surface area contributed by atoms with Gasteiger partial charge in [0, 0.05) is 13.7 Å². The fourth-order valence-corrected chi connectivity index (χ4v) is 2.59. The van der Waals surface area contributed by atoms with E-state index in [0.717, 1.165) is 32.5 Å². The first-order valence-corrected chi connectivity index (χ1v) is 7.14. The third-order valence-electron chi connectivity index (χ3n) is 3.76. The standard InChI is InChI=1S/C15H22FN3O2/c1-21-10-11-4-6-19(7-5-11)9-15(20)18-14-3-2-12(16)8-13(14)17/h2-3,8,11H,4-7,9-10,17H2,1H3,(H,18,20). The summed E-state index contributed by atoms with van der Waals surface area (Å²) in [6.07, 6.45) is 2.08. The summed E-state index contributed by atoms with van der Waals surface area (Å²) < 4.78 is 18.1. The molecule has 0 saturated carbocycles. The number of rotatable bonds is 5. The lowest BCUT2D eigenvalue weighted by Gasteiger charge is -2.31. The molecule has 1 heterocycles. The minimum absolute atomic E-state index is 0.126. The van der Waals surface area contributed by atoms with Crippen LogP contribution in [0.2, 0.25) is 0 Å². The van der Waals surface area contributed by atoms with Crippen LogP contribution in [0.4, 0.5) is 15.8 Å². The maximum atomic E-state index is 12.9. The molecule has 1 amide bonds. The van der Waals surface area contributed by atoms with Gasteiger partial charge in [0.15, 0.2) is 0 Å². The number of likely N-dealkylation sites (tertiary alicyclic amines) is 1. The Morgan fingerprint density at radius 2 is 2.19 bits per heavy atom. The topological polar surface area (TPSA) is 67.6 Å².